The van der Waals surface area contributed by atoms with E-state index in [0.29, 0.717) is 29.8 Å². The van der Waals surface area contributed by atoms with Gasteiger partial charge in [0.25, 0.3) is 11.5 Å². The molecule has 5 nitrogen and oxygen atoms in total. The molecule has 0 bridgehead atoms. The molecule has 1 atom stereocenters. The second-order valence-electron chi connectivity index (χ2n) is 6.11. The van der Waals surface area contributed by atoms with E-state index in [2.05, 4.69) is 10.3 Å². The zero-order chi connectivity index (χ0) is 16.6. The zero-order valence-corrected chi connectivity index (χ0v) is 13.1. The van der Waals surface area contributed by atoms with Crippen LogP contribution in [0.3, 0.4) is 0 Å². The second-order valence-corrected chi connectivity index (χ2v) is 6.11. The first-order valence-electron chi connectivity index (χ1n) is 7.62. The summed E-state index contributed by atoms with van der Waals surface area (Å²) in [5.41, 5.74) is 2.14. The van der Waals surface area contributed by atoms with E-state index in [1.54, 1.807) is 6.07 Å². The molecule has 1 aliphatic carbocycles. The Morgan fingerprint density at radius 1 is 1.22 bits per heavy atom. The molecule has 3 rings (SSSR count). The van der Waals surface area contributed by atoms with E-state index >= 15 is 0 Å². The monoisotopic (exact) mass is 310 g/mol. The summed E-state index contributed by atoms with van der Waals surface area (Å²) < 4.78 is 0. The molecule has 5 heteroatoms. The van der Waals surface area contributed by atoms with Crippen molar-refractivity contribution in [1.82, 2.24) is 4.98 Å². The van der Waals surface area contributed by atoms with Gasteiger partial charge < -0.3 is 10.3 Å². The van der Waals surface area contributed by atoms with Gasteiger partial charge in [-0.2, -0.15) is 0 Å². The Kier molecular flexibility index (Phi) is 3.86. The van der Waals surface area contributed by atoms with Crippen molar-refractivity contribution in [1.29, 1.82) is 0 Å². The fraction of sp³-hybridized carbons (Fsp3) is 0.278. The first kappa shape index (κ1) is 15.2. The number of amides is 1. The van der Waals surface area contributed by atoms with Crippen LogP contribution in [-0.2, 0) is 6.42 Å². The smallest absolute Gasteiger partial charge is 0.261 e. The molecule has 0 saturated heterocycles. The third kappa shape index (κ3) is 2.95. The number of fused-ring (bicyclic) bond motifs is 1. The normalized spacial score (nSPS) is 16.8. The van der Waals surface area contributed by atoms with Crippen LogP contribution in [-0.4, -0.2) is 16.7 Å². The molecule has 1 aromatic carbocycles. The van der Waals surface area contributed by atoms with Crippen molar-refractivity contribution in [2.24, 2.45) is 5.92 Å². The van der Waals surface area contributed by atoms with Gasteiger partial charge >= 0.3 is 0 Å². The molecule has 0 saturated carbocycles. The molecule has 1 aromatic heterocycles. The summed E-state index contributed by atoms with van der Waals surface area (Å²) in [7, 11) is 0. The van der Waals surface area contributed by atoms with Crippen LogP contribution in [0.4, 0.5) is 5.69 Å². The number of benzene rings is 1. The summed E-state index contributed by atoms with van der Waals surface area (Å²) in [5.74, 6) is -0.327. The minimum Gasteiger partial charge on any atom is -0.325 e. The molecule has 1 heterocycles. The number of H-pyrrole nitrogens is 1. The number of hydrogen-bond donors (Lipinski definition) is 2. The van der Waals surface area contributed by atoms with Gasteiger partial charge in [0.05, 0.1) is 0 Å². The zero-order valence-electron chi connectivity index (χ0n) is 13.1. The first-order chi connectivity index (χ1) is 11.0. The number of pyridine rings is 1. The number of carbonyl (C=O) groups is 2. The highest BCUT2D eigenvalue weighted by Crippen LogP contribution is 2.23. The summed E-state index contributed by atoms with van der Waals surface area (Å²) >= 11 is 0. The third-order valence-electron chi connectivity index (χ3n) is 4.15. The van der Waals surface area contributed by atoms with Crippen LogP contribution < -0.4 is 10.9 Å². The molecule has 2 N–H and O–H groups in total. The minimum absolute atomic E-state index is 0.0278. The molecule has 0 aliphatic heterocycles. The number of carbonyl (C=O) groups excluding carboxylic acids is 2. The summed E-state index contributed by atoms with van der Waals surface area (Å²) in [6.07, 6.45) is 1.09. The second kappa shape index (κ2) is 5.83. The standard InChI is InChI=1S/C18H18N2O3/c1-10-7-15-12(16(21)8-10)9-13(18(23)20-15)17(22)19-14-6-4-3-5-11(14)2/h3-6,9-10H,7-8H2,1-2H3,(H,19,22)(H,20,23)/t10-/m1/s1. The maximum atomic E-state index is 12.4. The summed E-state index contributed by atoms with van der Waals surface area (Å²) in [4.78, 5) is 39.4. The fourth-order valence-electron chi connectivity index (χ4n) is 2.90. The quantitative estimate of drug-likeness (QED) is 0.895. The number of para-hydroxylation sites is 1. The van der Waals surface area contributed by atoms with E-state index in [0.717, 1.165) is 5.56 Å². The first-order valence-corrected chi connectivity index (χ1v) is 7.62. The molecule has 0 fully saturated rings. The van der Waals surface area contributed by atoms with Gasteiger partial charge in [-0.1, -0.05) is 25.1 Å². The van der Waals surface area contributed by atoms with Crippen LogP contribution in [0.15, 0.2) is 35.1 Å². The van der Waals surface area contributed by atoms with Gasteiger partial charge in [-0.05, 0) is 37.0 Å². The Morgan fingerprint density at radius 3 is 2.70 bits per heavy atom. The van der Waals surface area contributed by atoms with Crippen LogP contribution >= 0.6 is 0 Å². The lowest BCUT2D eigenvalue weighted by Crippen LogP contribution is -2.29. The van der Waals surface area contributed by atoms with E-state index in [1.165, 1.54) is 6.07 Å². The highest BCUT2D eigenvalue weighted by molar-refractivity contribution is 6.06. The van der Waals surface area contributed by atoms with E-state index in [9.17, 15) is 14.4 Å². The summed E-state index contributed by atoms with van der Waals surface area (Å²) in [5, 5.41) is 2.73. The number of anilines is 1. The maximum absolute atomic E-state index is 12.4. The van der Waals surface area contributed by atoms with Gasteiger partial charge in [-0.15, -0.1) is 0 Å². The molecule has 118 valence electrons. The average Bonchev–Trinajstić information content (AvgIpc) is 2.48. The average molecular weight is 310 g/mol. The van der Waals surface area contributed by atoms with Crippen molar-refractivity contribution in [2.45, 2.75) is 26.7 Å². The number of aromatic amines is 1. The van der Waals surface area contributed by atoms with Crippen molar-refractivity contribution >= 4 is 17.4 Å². The number of ketones is 1. The lowest BCUT2D eigenvalue weighted by atomic mass is 9.86. The number of aryl methyl sites for hydroxylation is 1. The van der Waals surface area contributed by atoms with Gasteiger partial charge in [-0.25, -0.2) is 0 Å². The maximum Gasteiger partial charge on any atom is 0.261 e. The number of Topliss-reactive ketones (excluding diaryl/α,β-unsaturated/α-hetero) is 1. The summed E-state index contributed by atoms with van der Waals surface area (Å²) in [6.45, 7) is 3.84. The van der Waals surface area contributed by atoms with Gasteiger partial charge in [0.15, 0.2) is 5.78 Å². The molecule has 2 aromatic rings. The van der Waals surface area contributed by atoms with Crippen LogP contribution in [0, 0.1) is 12.8 Å². The lowest BCUT2D eigenvalue weighted by Gasteiger charge is -2.20. The highest BCUT2D eigenvalue weighted by Gasteiger charge is 2.25. The van der Waals surface area contributed by atoms with Crippen molar-refractivity contribution in [2.75, 3.05) is 5.32 Å². The Hall–Kier alpha value is -2.69. The topological polar surface area (TPSA) is 79.0 Å². The molecule has 0 spiro atoms. The minimum atomic E-state index is -0.505. The number of aromatic nitrogens is 1. The Morgan fingerprint density at radius 2 is 1.96 bits per heavy atom. The van der Waals surface area contributed by atoms with Crippen molar-refractivity contribution in [3.05, 3.63) is 63.1 Å². The van der Waals surface area contributed by atoms with Crippen LogP contribution in [0.25, 0.3) is 0 Å². The molecule has 0 unspecified atom stereocenters. The molecule has 1 aliphatic rings. The van der Waals surface area contributed by atoms with Crippen LogP contribution in [0.1, 0.15) is 45.3 Å². The highest BCUT2D eigenvalue weighted by atomic mass is 16.2. The SMILES string of the molecule is Cc1ccccc1NC(=O)c1cc2c([nH]c1=O)C[C@@H](C)CC2=O. The summed E-state index contributed by atoms with van der Waals surface area (Å²) in [6, 6.07) is 8.75. The number of hydrogen-bond acceptors (Lipinski definition) is 3. The Bertz CT molecular complexity index is 852. The van der Waals surface area contributed by atoms with Gasteiger partial charge in [0, 0.05) is 23.4 Å². The Balaban J connectivity index is 1.96. The van der Waals surface area contributed by atoms with Crippen LogP contribution in [0.5, 0.6) is 0 Å². The number of nitrogens with one attached hydrogen (secondary N) is 2. The van der Waals surface area contributed by atoms with E-state index in [-0.39, 0.29) is 17.3 Å². The third-order valence-corrected chi connectivity index (χ3v) is 4.15. The van der Waals surface area contributed by atoms with Crippen molar-refractivity contribution in [3.8, 4) is 0 Å². The van der Waals surface area contributed by atoms with Gasteiger partial charge in [0.1, 0.15) is 5.56 Å². The molecule has 0 radical (unpaired) electrons. The Labute approximate surface area is 133 Å². The molecular formula is C18H18N2O3. The van der Waals surface area contributed by atoms with Gasteiger partial charge in [0.2, 0.25) is 0 Å². The van der Waals surface area contributed by atoms with E-state index in [4.69, 9.17) is 0 Å². The van der Waals surface area contributed by atoms with Crippen LogP contribution in [0.2, 0.25) is 0 Å². The lowest BCUT2D eigenvalue weighted by molar-refractivity contribution is 0.0952. The molecule has 1 amide bonds. The largest absolute Gasteiger partial charge is 0.325 e. The van der Waals surface area contributed by atoms with Gasteiger partial charge in [-0.3, -0.25) is 14.4 Å². The van der Waals surface area contributed by atoms with E-state index < -0.39 is 11.5 Å². The predicted octanol–water partition coefficient (Wildman–Crippen LogP) is 2.70. The fourth-order valence-corrected chi connectivity index (χ4v) is 2.90. The molecule has 23 heavy (non-hydrogen) atoms. The molecular weight excluding hydrogens is 292 g/mol. The number of rotatable bonds is 2. The predicted molar refractivity (Wildman–Crippen MR) is 88.0 cm³/mol. The van der Waals surface area contributed by atoms with E-state index in [1.807, 2.05) is 32.0 Å². The van der Waals surface area contributed by atoms with Crippen molar-refractivity contribution < 1.29 is 9.59 Å². The van der Waals surface area contributed by atoms with Crippen molar-refractivity contribution in [3.63, 3.8) is 0 Å².